The average Bonchev–Trinajstić information content (AvgIpc) is 2.96. The number of nitrogens with one attached hydrogen (secondary N) is 1. The third-order valence-electron chi connectivity index (χ3n) is 5.35. The molecule has 15 heteroatoms. The molecule has 2 aromatic rings. The number of hydrogen-bond donors (Lipinski definition) is 3. The number of primary sulfonamides is 1. The van der Waals surface area contributed by atoms with E-state index in [2.05, 4.69) is 4.74 Å². The predicted molar refractivity (Wildman–Crippen MR) is 108 cm³/mol. The number of amides is 4. The number of imide groups is 2. The van der Waals surface area contributed by atoms with Crippen molar-refractivity contribution in [2.24, 2.45) is 5.14 Å². The fraction of sp³-hybridized carbons (Fsp3) is 0.200. The number of sulfonamides is 1. The van der Waals surface area contributed by atoms with Gasteiger partial charge < -0.3 is 9.84 Å². The van der Waals surface area contributed by atoms with Crippen molar-refractivity contribution in [3.8, 4) is 22.6 Å². The molecule has 0 aliphatic carbocycles. The summed E-state index contributed by atoms with van der Waals surface area (Å²) in [4.78, 5) is 49.0. The predicted octanol–water partition coefficient (Wildman–Crippen LogP) is 1.01. The highest BCUT2D eigenvalue weighted by Crippen LogP contribution is 2.44. The second-order valence-corrected chi connectivity index (χ2v) is 9.12. The summed E-state index contributed by atoms with van der Waals surface area (Å²) in [6.07, 6.45) is -5.63. The monoisotopic (exact) mass is 513 g/mol. The Kier molecular flexibility index (Phi) is 5.56. The van der Waals surface area contributed by atoms with Crippen LogP contribution in [0.5, 0.6) is 11.5 Å². The Morgan fingerprint density at radius 3 is 2.23 bits per heavy atom. The first-order valence-corrected chi connectivity index (χ1v) is 11.2. The molecule has 2 aliphatic heterocycles. The van der Waals surface area contributed by atoms with Crippen molar-refractivity contribution in [3.63, 3.8) is 0 Å². The van der Waals surface area contributed by atoms with Gasteiger partial charge in [-0.2, -0.15) is 0 Å². The van der Waals surface area contributed by atoms with E-state index in [1.165, 1.54) is 0 Å². The molecule has 1 unspecified atom stereocenters. The summed E-state index contributed by atoms with van der Waals surface area (Å²) in [5.41, 5.74) is -1.78. The van der Waals surface area contributed by atoms with Crippen molar-refractivity contribution in [2.45, 2.75) is 30.1 Å². The van der Waals surface area contributed by atoms with E-state index in [4.69, 9.17) is 5.14 Å². The number of nitrogens with two attached hydrogens (primary N) is 1. The Morgan fingerprint density at radius 1 is 1.03 bits per heavy atom. The number of piperidine rings is 1. The lowest BCUT2D eigenvalue weighted by Gasteiger charge is -2.27. The highest BCUT2D eigenvalue weighted by Gasteiger charge is 2.45. The summed E-state index contributed by atoms with van der Waals surface area (Å²) < 4.78 is 66.8. The first-order chi connectivity index (χ1) is 16.2. The average molecular weight is 513 g/mol. The minimum atomic E-state index is -5.35. The number of fused-ring (bicyclic) bond motifs is 1. The molecule has 0 bridgehead atoms. The van der Waals surface area contributed by atoms with Crippen LogP contribution in [0.25, 0.3) is 11.1 Å². The van der Waals surface area contributed by atoms with E-state index in [0.717, 1.165) is 30.3 Å². The molecule has 2 aliphatic rings. The third-order valence-corrected chi connectivity index (χ3v) is 6.28. The number of para-hydroxylation sites is 1. The number of aromatic hydroxyl groups is 1. The molecule has 4 N–H and O–H groups in total. The molecule has 11 nitrogen and oxygen atoms in total. The maximum Gasteiger partial charge on any atom is 0.573 e. The van der Waals surface area contributed by atoms with E-state index in [1.54, 1.807) is 0 Å². The minimum absolute atomic E-state index is 0.140. The van der Waals surface area contributed by atoms with Crippen LogP contribution in [-0.4, -0.2) is 54.5 Å². The van der Waals surface area contributed by atoms with Crippen molar-refractivity contribution in [2.75, 3.05) is 0 Å². The van der Waals surface area contributed by atoms with Gasteiger partial charge in [-0.15, -0.1) is 13.2 Å². The summed E-state index contributed by atoms with van der Waals surface area (Å²) >= 11 is 0. The van der Waals surface area contributed by atoms with Gasteiger partial charge in [-0.3, -0.25) is 29.4 Å². The molecule has 1 fully saturated rings. The lowest BCUT2D eigenvalue weighted by atomic mass is 9.98. The van der Waals surface area contributed by atoms with Crippen LogP contribution in [0.15, 0.2) is 35.2 Å². The molecule has 0 saturated carbocycles. The number of phenols is 1. The van der Waals surface area contributed by atoms with Gasteiger partial charge in [-0.05, 0) is 24.6 Å². The fourth-order valence-corrected chi connectivity index (χ4v) is 4.57. The van der Waals surface area contributed by atoms with Crippen molar-refractivity contribution in [3.05, 3.63) is 41.5 Å². The van der Waals surface area contributed by atoms with Crippen molar-refractivity contribution >= 4 is 33.7 Å². The van der Waals surface area contributed by atoms with Crippen LogP contribution in [0, 0.1) is 0 Å². The Balaban J connectivity index is 1.85. The summed E-state index contributed by atoms with van der Waals surface area (Å²) in [5.74, 6) is -5.48. The van der Waals surface area contributed by atoms with Gasteiger partial charge in [-0.25, -0.2) is 13.6 Å². The molecule has 4 amide bonds. The Hall–Kier alpha value is -3.98. The molecule has 1 atom stereocenters. The Bertz CT molecular complexity index is 1420. The normalized spacial score (nSPS) is 18.5. The zero-order valence-electron chi connectivity index (χ0n) is 17.2. The quantitative estimate of drug-likeness (QED) is 0.508. The first-order valence-electron chi connectivity index (χ1n) is 9.69. The van der Waals surface area contributed by atoms with Gasteiger partial charge in [0.05, 0.1) is 11.1 Å². The molecule has 1 saturated heterocycles. The van der Waals surface area contributed by atoms with E-state index in [1.807, 2.05) is 5.32 Å². The lowest BCUT2D eigenvalue weighted by Crippen LogP contribution is -2.54. The van der Waals surface area contributed by atoms with Gasteiger partial charge in [0.2, 0.25) is 21.8 Å². The standard InChI is InChI=1S/C20H14F3N3O8S/c21-20(22,23)34-16-8(2-1-3-14(16)35(24,32)33)9-6-10-11(7-13(9)27)19(31)26(18(10)30)12-4-5-15(28)25-17(12)29/h1-3,6-7,12,27H,4-5H2,(H2,24,32,33)(H,25,28,29). The molecule has 0 aromatic heterocycles. The largest absolute Gasteiger partial charge is 0.573 e. The molecule has 0 radical (unpaired) electrons. The number of phenolic OH excluding ortho intramolecular Hbond substituents is 1. The minimum Gasteiger partial charge on any atom is -0.507 e. The van der Waals surface area contributed by atoms with Gasteiger partial charge >= 0.3 is 6.36 Å². The number of benzene rings is 2. The van der Waals surface area contributed by atoms with Crippen LogP contribution in [0.2, 0.25) is 0 Å². The number of nitrogens with zero attached hydrogens (tertiary/aromatic N) is 1. The number of ether oxygens (including phenoxy) is 1. The van der Waals surface area contributed by atoms with Gasteiger partial charge in [0.15, 0.2) is 5.75 Å². The maximum absolute atomic E-state index is 13.1. The Labute approximate surface area is 194 Å². The molecule has 184 valence electrons. The summed E-state index contributed by atoms with van der Waals surface area (Å²) in [6, 6.07) is 3.13. The smallest absolute Gasteiger partial charge is 0.507 e. The zero-order valence-corrected chi connectivity index (χ0v) is 18.1. The van der Waals surface area contributed by atoms with E-state index in [-0.39, 0.29) is 24.0 Å². The number of hydrogen-bond acceptors (Lipinski definition) is 8. The second-order valence-electron chi connectivity index (χ2n) is 7.59. The van der Waals surface area contributed by atoms with Crippen LogP contribution in [0.1, 0.15) is 33.6 Å². The molecular formula is C20H14F3N3O8S. The van der Waals surface area contributed by atoms with Crippen molar-refractivity contribution in [1.29, 1.82) is 0 Å². The van der Waals surface area contributed by atoms with E-state index < -0.39 is 73.6 Å². The first kappa shape index (κ1) is 24.2. The van der Waals surface area contributed by atoms with Gasteiger partial charge in [0.25, 0.3) is 11.8 Å². The maximum atomic E-state index is 13.1. The molecule has 2 aromatic carbocycles. The summed E-state index contributed by atoms with van der Waals surface area (Å²) in [7, 11) is -4.72. The highest BCUT2D eigenvalue weighted by atomic mass is 32.2. The zero-order chi connectivity index (χ0) is 25.9. The van der Waals surface area contributed by atoms with Crippen LogP contribution in [0.3, 0.4) is 0 Å². The number of carbonyl (C=O) groups is 4. The van der Waals surface area contributed by atoms with Gasteiger partial charge in [-0.1, -0.05) is 12.1 Å². The van der Waals surface area contributed by atoms with Crippen LogP contribution >= 0.6 is 0 Å². The SMILES string of the molecule is NS(=O)(=O)c1cccc(-c2cc3c(cc2O)C(=O)N(C2CCC(=O)NC2=O)C3=O)c1OC(F)(F)F. The van der Waals surface area contributed by atoms with Crippen molar-refractivity contribution < 1.29 is 50.6 Å². The molecule has 2 heterocycles. The number of halogens is 3. The van der Waals surface area contributed by atoms with Gasteiger partial charge in [0.1, 0.15) is 16.7 Å². The number of carbonyl (C=O) groups excluding carboxylic acids is 4. The van der Waals surface area contributed by atoms with E-state index in [9.17, 15) is 45.9 Å². The topological polar surface area (TPSA) is 173 Å². The van der Waals surface area contributed by atoms with Crippen LogP contribution in [-0.2, 0) is 19.6 Å². The van der Waals surface area contributed by atoms with Crippen LogP contribution in [0.4, 0.5) is 13.2 Å². The second kappa shape index (κ2) is 8.06. The molecule has 35 heavy (non-hydrogen) atoms. The summed E-state index contributed by atoms with van der Waals surface area (Å²) in [5, 5.41) is 17.5. The number of rotatable bonds is 4. The molecule has 4 rings (SSSR count). The third kappa shape index (κ3) is 4.30. The van der Waals surface area contributed by atoms with E-state index in [0.29, 0.717) is 4.90 Å². The van der Waals surface area contributed by atoms with Gasteiger partial charge in [0, 0.05) is 17.5 Å². The Morgan fingerprint density at radius 2 is 1.66 bits per heavy atom. The highest BCUT2D eigenvalue weighted by molar-refractivity contribution is 7.89. The fourth-order valence-electron chi connectivity index (χ4n) is 3.89. The molecular weight excluding hydrogens is 499 g/mol. The van der Waals surface area contributed by atoms with Crippen molar-refractivity contribution in [1.82, 2.24) is 10.2 Å². The van der Waals surface area contributed by atoms with Crippen LogP contribution < -0.4 is 15.2 Å². The van der Waals surface area contributed by atoms with E-state index >= 15 is 0 Å². The number of alkyl halides is 3. The summed E-state index contributed by atoms with van der Waals surface area (Å²) in [6.45, 7) is 0. The molecule has 0 spiro atoms. The lowest BCUT2D eigenvalue weighted by molar-refractivity contribution is -0.275.